The van der Waals surface area contributed by atoms with Gasteiger partial charge in [0.05, 0.1) is 29.5 Å². The first-order chi connectivity index (χ1) is 13.9. The number of benzene rings is 2. The standard InChI is InChI=1S/C20H16N4O4S/c1-2-10-23-29(27,28)18-8-6-14(7-9-18)20(26)24-16-12-21-19(22-13-16)15-4-3-5-17(25)11-15/h1,3-9,11-13,23,25H,10H2,(H,24,26). The number of phenolic OH excluding ortho intramolecular Hbond substituents is 1. The van der Waals surface area contributed by atoms with E-state index in [1.54, 1.807) is 18.2 Å². The molecule has 146 valence electrons. The summed E-state index contributed by atoms with van der Waals surface area (Å²) in [5.74, 6) is 2.24. The molecular formula is C20H16N4O4S. The summed E-state index contributed by atoms with van der Waals surface area (Å²) in [6, 6.07) is 11.9. The van der Waals surface area contributed by atoms with Crippen molar-refractivity contribution in [3.63, 3.8) is 0 Å². The molecule has 3 N–H and O–H groups in total. The topological polar surface area (TPSA) is 121 Å². The fourth-order valence-corrected chi connectivity index (χ4v) is 3.33. The van der Waals surface area contributed by atoms with Crippen LogP contribution in [0, 0.1) is 12.3 Å². The molecule has 29 heavy (non-hydrogen) atoms. The Hall–Kier alpha value is -3.74. The van der Waals surface area contributed by atoms with Gasteiger partial charge in [-0.3, -0.25) is 4.79 Å². The van der Waals surface area contributed by atoms with Crippen LogP contribution in [0.3, 0.4) is 0 Å². The van der Waals surface area contributed by atoms with E-state index in [0.29, 0.717) is 17.1 Å². The molecule has 1 heterocycles. The minimum absolute atomic E-state index is 0.00287. The van der Waals surface area contributed by atoms with E-state index in [1.165, 1.54) is 42.7 Å². The Morgan fingerprint density at radius 3 is 2.41 bits per heavy atom. The monoisotopic (exact) mass is 408 g/mol. The number of hydrogen-bond donors (Lipinski definition) is 3. The number of anilines is 1. The zero-order valence-corrected chi connectivity index (χ0v) is 15.8. The average Bonchev–Trinajstić information content (AvgIpc) is 2.73. The van der Waals surface area contributed by atoms with Crippen LogP contribution in [0.15, 0.2) is 65.8 Å². The number of nitrogens with one attached hydrogen (secondary N) is 2. The summed E-state index contributed by atoms with van der Waals surface area (Å²) in [6.45, 7) is -0.122. The summed E-state index contributed by atoms with van der Waals surface area (Å²) in [6.07, 6.45) is 7.92. The number of terminal acetylenes is 1. The van der Waals surface area contributed by atoms with E-state index in [4.69, 9.17) is 6.42 Å². The molecule has 2 aromatic carbocycles. The highest BCUT2D eigenvalue weighted by molar-refractivity contribution is 7.89. The van der Waals surface area contributed by atoms with Crippen LogP contribution in [0.5, 0.6) is 5.75 Å². The Bertz CT molecular complexity index is 1170. The molecule has 0 unspecified atom stereocenters. The number of sulfonamides is 1. The predicted octanol–water partition coefficient (Wildman–Crippen LogP) is 2.01. The minimum Gasteiger partial charge on any atom is -0.508 e. The van der Waals surface area contributed by atoms with Crippen molar-refractivity contribution in [2.24, 2.45) is 0 Å². The van der Waals surface area contributed by atoms with Gasteiger partial charge in [0.15, 0.2) is 5.82 Å². The van der Waals surface area contributed by atoms with Crippen molar-refractivity contribution in [3.05, 3.63) is 66.5 Å². The summed E-state index contributed by atoms with van der Waals surface area (Å²) in [5.41, 5.74) is 1.27. The number of aromatic hydroxyl groups is 1. The smallest absolute Gasteiger partial charge is 0.255 e. The van der Waals surface area contributed by atoms with E-state index in [0.717, 1.165) is 0 Å². The lowest BCUT2D eigenvalue weighted by molar-refractivity contribution is 0.102. The van der Waals surface area contributed by atoms with Gasteiger partial charge >= 0.3 is 0 Å². The largest absolute Gasteiger partial charge is 0.508 e. The van der Waals surface area contributed by atoms with Gasteiger partial charge in [-0.25, -0.2) is 18.4 Å². The molecule has 0 fully saturated rings. The van der Waals surface area contributed by atoms with Gasteiger partial charge in [0.25, 0.3) is 5.91 Å². The van der Waals surface area contributed by atoms with Crippen molar-refractivity contribution in [1.82, 2.24) is 14.7 Å². The first-order valence-electron chi connectivity index (χ1n) is 8.35. The van der Waals surface area contributed by atoms with E-state index in [9.17, 15) is 18.3 Å². The van der Waals surface area contributed by atoms with Gasteiger partial charge in [-0.15, -0.1) is 6.42 Å². The quantitative estimate of drug-likeness (QED) is 0.537. The van der Waals surface area contributed by atoms with Gasteiger partial charge in [-0.2, -0.15) is 4.72 Å². The Morgan fingerprint density at radius 1 is 1.10 bits per heavy atom. The molecule has 0 aliphatic rings. The maximum atomic E-state index is 12.4. The third kappa shape index (κ3) is 4.95. The first-order valence-corrected chi connectivity index (χ1v) is 9.83. The van der Waals surface area contributed by atoms with Gasteiger partial charge in [-0.05, 0) is 36.4 Å². The summed E-state index contributed by atoms with van der Waals surface area (Å²) in [4.78, 5) is 20.7. The van der Waals surface area contributed by atoms with Crippen molar-refractivity contribution in [3.8, 4) is 29.5 Å². The Balaban J connectivity index is 1.69. The van der Waals surface area contributed by atoms with Gasteiger partial charge in [-0.1, -0.05) is 18.1 Å². The number of phenols is 1. The molecule has 9 heteroatoms. The molecule has 0 saturated carbocycles. The first kappa shape index (κ1) is 20.0. The maximum absolute atomic E-state index is 12.4. The molecule has 3 aromatic rings. The number of amides is 1. The van der Waals surface area contributed by atoms with E-state index in [-0.39, 0.29) is 22.8 Å². The number of aromatic nitrogens is 2. The number of nitrogens with zero attached hydrogens (tertiary/aromatic N) is 2. The van der Waals surface area contributed by atoms with Crippen LogP contribution >= 0.6 is 0 Å². The molecule has 0 aliphatic heterocycles. The van der Waals surface area contributed by atoms with Gasteiger partial charge in [0.1, 0.15) is 5.75 Å². The second-order valence-electron chi connectivity index (χ2n) is 5.85. The van der Waals surface area contributed by atoms with E-state index >= 15 is 0 Å². The van der Waals surface area contributed by atoms with Crippen LogP contribution in [0.4, 0.5) is 5.69 Å². The fraction of sp³-hybridized carbons (Fsp3) is 0.0500. The maximum Gasteiger partial charge on any atom is 0.255 e. The third-order valence-corrected chi connectivity index (χ3v) is 5.22. The molecule has 3 rings (SSSR count). The fourth-order valence-electron chi connectivity index (χ4n) is 2.40. The summed E-state index contributed by atoms with van der Waals surface area (Å²) in [5, 5.41) is 12.2. The Labute approximate surface area is 167 Å². The lowest BCUT2D eigenvalue weighted by atomic mass is 10.2. The summed E-state index contributed by atoms with van der Waals surface area (Å²) in [7, 11) is -3.72. The predicted molar refractivity (Wildman–Crippen MR) is 108 cm³/mol. The number of rotatable bonds is 6. The van der Waals surface area contributed by atoms with Crippen molar-refractivity contribution in [1.29, 1.82) is 0 Å². The van der Waals surface area contributed by atoms with Crippen molar-refractivity contribution in [2.75, 3.05) is 11.9 Å². The normalized spacial score (nSPS) is 10.9. The highest BCUT2D eigenvalue weighted by Crippen LogP contribution is 2.20. The Kier molecular flexibility index (Phi) is 5.87. The van der Waals surface area contributed by atoms with Crippen LogP contribution in [0.1, 0.15) is 10.4 Å². The van der Waals surface area contributed by atoms with Gasteiger partial charge in [0, 0.05) is 11.1 Å². The van der Waals surface area contributed by atoms with Crippen LogP contribution in [0.2, 0.25) is 0 Å². The van der Waals surface area contributed by atoms with Gasteiger partial charge < -0.3 is 10.4 Å². The van der Waals surface area contributed by atoms with Crippen molar-refractivity contribution in [2.45, 2.75) is 4.90 Å². The van der Waals surface area contributed by atoms with Crippen molar-refractivity contribution >= 4 is 21.6 Å². The molecule has 0 spiro atoms. The average molecular weight is 408 g/mol. The summed E-state index contributed by atoms with van der Waals surface area (Å²) >= 11 is 0. The zero-order chi connectivity index (χ0) is 20.9. The van der Waals surface area contributed by atoms with Crippen LogP contribution in [-0.2, 0) is 10.0 Å². The second-order valence-corrected chi connectivity index (χ2v) is 7.62. The van der Waals surface area contributed by atoms with Crippen molar-refractivity contribution < 1.29 is 18.3 Å². The lowest BCUT2D eigenvalue weighted by Crippen LogP contribution is -2.24. The second kappa shape index (κ2) is 8.52. The molecule has 0 saturated heterocycles. The van der Waals surface area contributed by atoms with Crippen LogP contribution in [0.25, 0.3) is 11.4 Å². The number of hydrogen-bond acceptors (Lipinski definition) is 6. The molecule has 0 radical (unpaired) electrons. The SMILES string of the molecule is C#CCNS(=O)(=O)c1ccc(C(=O)Nc2cnc(-c3cccc(O)c3)nc2)cc1. The molecule has 1 aromatic heterocycles. The van der Waals surface area contributed by atoms with E-state index < -0.39 is 15.9 Å². The van der Waals surface area contributed by atoms with Crippen LogP contribution < -0.4 is 10.0 Å². The highest BCUT2D eigenvalue weighted by atomic mass is 32.2. The summed E-state index contributed by atoms with van der Waals surface area (Å²) < 4.78 is 26.2. The zero-order valence-electron chi connectivity index (χ0n) is 15.0. The Morgan fingerprint density at radius 2 is 1.79 bits per heavy atom. The lowest BCUT2D eigenvalue weighted by Gasteiger charge is -2.07. The minimum atomic E-state index is -3.72. The van der Waals surface area contributed by atoms with Gasteiger partial charge in [0.2, 0.25) is 10.0 Å². The van der Waals surface area contributed by atoms with Crippen LogP contribution in [-0.4, -0.2) is 35.9 Å². The molecular weight excluding hydrogens is 392 g/mol. The molecule has 1 amide bonds. The molecule has 8 nitrogen and oxygen atoms in total. The van der Waals surface area contributed by atoms with E-state index in [1.807, 2.05) is 0 Å². The molecule has 0 aliphatic carbocycles. The number of carbonyl (C=O) groups excluding carboxylic acids is 1. The van der Waals surface area contributed by atoms with E-state index in [2.05, 4.69) is 25.9 Å². The highest BCUT2D eigenvalue weighted by Gasteiger charge is 2.14. The number of carbonyl (C=O) groups is 1. The third-order valence-electron chi connectivity index (χ3n) is 3.81. The molecule has 0 bridgehead atoms. The molecule has 0 atom stereocenters.